The van der Waals surface area contributed by atoms with Crippen molar-refractivity contribution < 1.29 is 23.1 Å². The summed E-state index contributed by atoms with van der Waals surface area (Å²) in [7, 11) is 0. The van der Waals surface area contributed by atoms with E-state index in [-0.39, 0.29) is 28.2 Å². The minimum atomic E-state index is -0.694. The number of benzene rings is 2. The Labute approximate surface area is 223 Å². The maximum Gasteiger partial charge on any atom is 0.290 e. The van der Waals surface area contributed by atoms with Crippen LogP contribution in [0.4, 0.5) is 4.39 Å². The highest BCUT2D eigenvalue weighted by Crippen LogP contribution is 2.41. The lowest BCUT2D eigenvalue weighted by molar-refractivity contribution is 0.0708. The molecule has 0 saturated heterocycles. The predicted molar refractivity (Wildman–Crippen MR) is 146 cm³/mol. The van der Waals surface area contributed by atoms with Gasteiger partial charge in [-0.05, 0) is 68.2 Å². The van der Waals surface area contributed by atoms with Gasteiger partial charge in [0.2, 0.25) is 5.76 Å². The lowest BCUT2D eigenvalue weighted by Crippen LogP contribution is -2.37. The molecule has 2 heterocycles. The third-order valence-electron chi connectivity index (χ3n) is 7.02. The normalized spacial score (nSPS) is 15.1. The smallest absolute Gasteiger partial charge is 0.290 e. The first kappa shape index (κ1) is 27.6. The average molecular weight is 525 g/mol. The Morgan fingerprint density at radius 1 is 1.03 bits per heavy atom. The van der Waals surface area contributed by atoms with Crippen LogP contribution in [-0.4, -0.2) is 55.1 Å². The molecule has 2 aromatic carbocycles. The summed E-state index contributed by atoms with van der Waals surface area (Å²) in [5, 5.41) is 0.116. The maximum absolute atomic E-state index is 14.1. The van der Waals surface area contributed by atoms with E-state index in [0.717, 1.165) is 19.5 Å². The third kappa shape index (κ3) is 5.55. The lowest BCUT2D eigenvalue weighted by Gasteiger charge is -2.28. The second-order valence-corrected chi connectivity index (χ2v) is 9.91. The van der Waals surface area contributed by atoms with Crippen LogP contribution < -0.4 is 14.9 Å². The maximum atomic E-state index is 14.1. The number of halogens is 1. The minimum Gasteiger partial charge on any atom is -0.490 e. The number of nitrogens with zero attached hydrogens (tertiary/aromatic N) is 2. The topological polar surface area (TPSA) is 72.2 Å². The van der Waals surface area contributed by atoms with Crippen molar-refractivity contribution in [3.63, 3.8) is 0 Å². The molecule has 0 fully saturated rings. The fourth-order valence-corrected chi connectivity index (χ4v) is 4.85. The molecule has 38 heavy (non-hydrogen) atoms. The quantitative estimate of drug-likeness (QED) is 0.305. The molecule has 0 N–H and O–H groups in total. The molecule has 1 amide bonds. The van der Waals surface area contributed by atoms with E-state index >= 15 is 0 Å². The summed E-state index contributed by atoms with van der Waals surface area (Å²) in [6, 6.07) is 8.61. The highest BCUT2D eigenvalue weighted by molar-refractivity contribution is 5.99. The number of carbonyl (C=O) groups is 1. The monoisotopic (exact) mass is 524 g/mol. The van der Waals surface area contributed by atoms with Crippen LogP contribution in [0.25, 0.3) is 11.0 Å². The number of hydrogen-bond acceptors (Lipinski definition) is 6. The molecule has 1 aliphatic heterocycles. The van der Waals surface area contributed by atoms with Crippen molar-refractivity contribution in [1.82, 2.24) is 9.80 Å². The Hall–Kier alpha value is -3.39. The number of hydrogen-bond donors (Lipinski definition) is 0. The van der Waals surface area contributed by atoms with Gasteiger partial charge in [-0.15, -0.1) is 0 Å². The molecule has 204 valence electrons. The predicted octanol–water partition coefficient (Wildman–Crippen LogP) is 5.64. The Balaban J connectivity index is 1.82. The zero-order valence-corrected chi connectivity index (χ0v) is 22.9. The summed E-state index contributed by atoms with van der Waals surface area (Å²) in [6.45, 7) is 14.0. The molecule has 7 nitrogen and oxygen atoms in total. The van der Waals surface area contributed by atoms with Gasteiger partial charge in [-0.3, -0.25) is 9.59 Å². The molecule has 1 atom stereocenters. The van der Waals surface area contributed by atoms with Gasteiger partial charge in [-0.1, -0.05) is 33.8 Å². The van der Waals surface area contributed by atoms with Crippen molar-refractivity contribution >= 4 is 16.9 Å². The summed E-state index contributed by atoms with van der Waals surface area (Å²) in [6.07, 6.45) is 0.904. The molecule has 1 aromatic heterocycles. The van der Waals surface area contributed by atoms with Gasteiger partial charge in [0.05, 0.1) is 30.2 Å². The van der Waals surface area contributed by atoms with E-state index in [9.17, 15) is 14.0 Å². The van der Waals surface area contributed by atoms with Gasteiger partial charge >= 0.3 is 0 Å². The van der Waals surface area contributed by atoms with Gasteiger partial charge in [-0.2, -0.15) is 0 Å². The van der Waals surface area contributed by atoms with Gasteiger partial charge in [0.25, 0.3) is 5.91 Å². The molecule has 0 spiro atoms. The Morgan fingerprint density at radius 3 is 2.47 bits per heavy atom. The number of amides is 1. The molecule has 4 rings (SSSR count). The van der Waals surface area contributed by atoms with Crippen LogP contribution in [-0.2, 0) is 0 Å². The summed E-state index contributed by atoms with van der Waals surface area (Å²) < 4.78 is 31.9. The summed E-state index contributed by atoms with van der Waals surface area (Å²) >= 11 is 0. The van der Waals surface area contributed by atoms with Crippen molar-refractivity contribution in [3.05, 3.63) is 69.3 Å². The molecular weight excluding hydrogens is 487 g/mol. The summed E-state index contributed by atoms with van der Waals surface area (Å²) in [5.41, 5.74) is 0.722. The summed E-state index contributed by atoms with van der Waals surface area (Å²) in [4.78, 5) is 31.3. The van der Waals surface area contributed by atoms with Gasteiger partial charge in [-0.25, -0.2) is 4.39 Å². The molecule has 0 bridgehead atoms. The molecule has 1 aliphatic rings. The van der Waals surface area contributed by atoms with E-state index < -0.39 is 17.3 Å². The molecular formula is C30H37FN2O5. The highest BCUT2D eigenvalue weighted by Gasteiger charge is 2.43. The number of carbonyl (C=O) groups excluding carboxylic acids is 1. The van der Waals surface area contributed by atoms with Crippen molar-refractivity contribution in [1.29, 1.82) is 0 Å². The van der Waals surface area contributed by atoms with Crippen LogP contribution in [0.5, 0.6) is 11.5 Å². The highest BCUT2D eigenvalue weighted by atomic mass is 19.1. The van der Waals surface area contributed by atoms with Crippen LogP contribution in [0, 0.1) is 11.7 Å². The number of rotatable bonds is 12. The van der Waals surface area contributed by atoms with E-state index in [2.05, 4.69) is 32.6 Å². The Bertz CT molecular complexity index is 1350. The van der Waals surface area contributed by atoms with Crippen LogP contribution in [0.1, 0.15) is 68.8 Å². The number of likely N-dealkylation sites (N-methyl/N-ethyl adjacent to an activating group) is 1. The molecule has 3 aromatic rings. The number of ether oxygens (including phenoxy) is 2. The van der Waals surface area contributed by atoms with Gasteiger partial charge < -0.3 is 23.7 Å². The molecule has 0 radical (unpaired) electrons. The molecule has 8 heteroatoms. The van der Waals surface area contributed by atoms with Crippen LogP contribution in [0.3, 0.4) is 0 Å². The van der Waals surface area contributed by atoms with Crippen molar-refractivity contribution in [3.8, 4) is 11.5 Å². The zero-order valence-electron chi connectivity index (χ0n) is 22.9. The molecule has 0 aliphatic carbocycles. The van der Waals surface area contributed by atoms with Crippen LogP contribution in [0.2, 0.25) is 0 Å². The van der Waals surface area contributed by atoms with Gasteiger partial charge in [0, 0.05) is 13.1 Å². The van der Waals surface area contributed by atoms with E-state index in [1.807, 2.05) is 25.1 Å². The van der Waals surface area contributed by atoms with Crippen molar-refractivity contribution in [2.75, 3.05) is 39.4 Å². The van der Waals surface area contributed by atoms with E-state index in [4.69, 9.17) is 13.9 Å². The van der Waals surface area contributed by atoms with Crippen LogP contribution in [0.15, 0.2) is 45.6 Å². The third-order valence-corrected chi connectivity index (χ3v) is 7.02. The SMILES string of the molecule is CCOc1cc(C2c3c(oc4ccc(F)cc4c3=O)C(=O)N2CCN(CC)CC)ccc1OCCC(C)C. The Kier molecular flexibility index (Phi) is 8.72. The molecule has 0 saturated carbocycles. The van der Waals surface area contributed by atoms with Gasteiger partial charge in [0.15, 0.2) is 16.9 Å². The van der Waals surface area contributed by atoms with Crippen LogP contribution >= 0.6 is 0 Å². The second kappa shape index (κ2) is 12.0. The van der Waals surface area contributed by atoms with E-state index in [0.29, 0.717) is 49.3 Å². The van der Waals surface area contributed by atoms with Gasteiger partial charge in [0.1, 0.15) is 11.4 Å². The molecule has 1 unspecified atom stereocenters. The first-order valence-electron chi connectivity index (χ1n) is 13.5. The largest absolute Gasteiger partial charge is 0.490 e. The number of fused-ring (bicyclic) bond motifs is 2. The zero-order chi connectivity index (χ0) is 27.4. The fourth-order valence-electron chi connectivity index (χ4n) is 4.85. The van der Waals surface area contributed by atoms with E-state index in [1.165, 1.54) is 18.2 Å². The summed E-state index contributed by atoms with van der Waals surface area (Å²) in [5.74, 6) is 0.789. The minimum absolute atomic E-state index is 0.00822. The average Bonchev–Trinajstić information content (AvgIpc) is 3.17. The Morgan fingerprint density at radius 2 is 1.79 bits per heavy atom. The van der Waals surface area contributed by atoms with Crippen molar-refractivity contribution in [2.24, 2.45) is 5.92 Å². The first-order valence-corrected chi connectivity index (χ1v) is 13.5. The second-order valence-electron chi connectivity index (χ2n) is 9.91. The van der Waals surface area contributed by atoms with E-state index in [1.54, 1.807) is 4.90 Å². The fraction of sp³-hybridized carbons (Fsp3) is 0.467. The van der Waals surface area contributed by atoms with Crippen molar-refractivity contribution in [2.45, 2.75) is 47.1 Å². The first-order chi connectivity index (χ1) is 18.3. The lowest BCUT2D eigenvalue weighted by atomic mass is 9.98. The standard InChI is InChI=1S/C30H37FN2O5/c1-6-32(7-2)14-15-33-27(20-9-11-24(25(17-20)36-8-3)37-16-13-19(4)5)26-28(34)22-18-21(31)10-12-23(22)38-29(26)30(33)35/h9-12,17-19,27H,6-8,13-16H2,1-5H3.